The van der Waals surface area contributed by atoms with Gasteiger partial charge in [-0.1, -0.05) is 87.7 Å². The zero-order valence-corrected chi connectivity index (χ0v) is 22.5. The third-order valence-corrected chi connectivity index (χ3v) is 6.84. The molecule has 0 saturated heterocycles. The van der Waals surface area contributed by atoms with Crippen LogP contribution in [0.15, 0.2) is 54.6 Å². The number of unbranched alkanes of at least 4 members (excludes halogenated alkanes) is 1. The Labute approximate surface area is 223 Å². The van der Waals surface area contributed by atoms with Gasteiger partial charge in [-0.25, -0.2) is 9.78 Å². The lowest BCUT2D eigenvalue weighted by Crippen LogP contribution is -2.46. The van der Waals surface area contributed by atoms with E-state index in [-0.39, 0.29) is 25.0 Å². The van der Waals surface area contributed by atoms with Gasteiger partial charge < -0.3 is 19.7 Å². The number of halogens is 1. The van der Waals surface area contributed by atoms with E-state index >= 15 is 0 Å². The molecule has 0 fully saturated rings. The van der Waals surface area contributed by atoms with Crippen molar-refractivity contribution in [2.75, 3.05) is 0 Å². The molecule has 1 amide bonds. The van der Waals surface area contributed by atoms with Crippen LogP contribution in [0.1, 0.15) is 73.0 Å². The Balaban J connectivity index is 1.68. The summed E-state index contributed by atoms with van der Waals surface area (Å²) in [5.41, 5.74) is 2.87. The van der Waals surface area contributed by atoms with Gasteiger partial charge in [-0.05, 0) is 35.6 Å². The molecule has 0 aliphatic carbocycles. The highest BCUT2D eigenvalue weighted by molar-refractivity contribution is 6.30. The number of hydrogen-bond donors (Lipinski definition) is 2. The maximum absolute atomic E-state index is 13.0. The van der Waals surface area contributed by atoms with Crippen LogP contribution in [0.4, 0.5) is 0 Å². The van der Waals surface area contributed by atoms with Crippen LogP contribution in [0.5, 0.6) is 0 Å². The van der Waals surface area contributed by atoms with Crippen molar-refractivity contribution in [2.45, 2.75) is 72.3 Å². The summed E-state index contributed by atoms with van der Waals surface area (Å²) in [4.78, 5) is 30.3. The summed E-state index contributed by atoms with van der Waals surface area (Å²) in [6, 6.07) is 15.9. The first-order chi connectivity index (χ1) is 17.9. The van der Waals surface area contributed by atoms with Crippen LogP contribution in [-0.2, 0) is 35.7 Å². The van der Waals surface area contributed by atoms with Crippen molar-refractivity contribution in [3.05, 3.63) is 88.0 Å². The second kappa shape index (κ2) is 14.0. The highest BCUT2D eigenvalue weighted by Crippen LogP contribution is 2.21. The molecule has 1 aromatic heterocycles. The molecule has 2 aromatic carbocycles. The highest BCUT2D eigenvalue weighted by Gasteiger charge is 2.28. The molecule has 0 radical (unpaired) electrons. The first kappa shape index (κ1) is 28.4. The molecule has 3 rings (SSSR count). The van der Waals surface area contributed by atoms with Crippen molar-refractivity contribution in [1.82, 2.24) is 14.9 Å². The molecule has 8 heteroatoms. The minimum absolute atomic E-state index is 0.0871. The van der Waals surface area contributed by atoms with E-state index < -0.39 is 12.0 Å². The number of ether oxygens (including phenoxy) is 1. The Bertz CT molecular complexity index is 1160. The summed E-state index contributed by atoms with van der Waals surface area (Å²) in [6.45, 7) is 6.45. The second-order valence-corrected chi connectivity index (χ2v) is 9.60. The topological polar surface area (TPSA) is 93.5 Å². The number of nitrogens with zero attached hydrogens (tertiary/aromatic N) is 2. The second-order valence-electron chi connectivity index (χ2n) is 9.24. The fraction of sp³-hybridized carbons (Fsp3) is 0.414. The fourth-order valence-corrected chi connectivity index (χ4v) is 4.28. The lowest BCUT2D eigenvalue weighted by Gasteiger charge is -2.23. The van der Waals surface area contributed by atoms with E-state index in [2.05, 4.69) is 17.2 Å². The van der Waals surface area contributed by atoms with Gasteiger partial charge in [-0.2, -0.15) is 0 Å². The number of aromatic nitrogens is 2. The Kier molecular flexibility index (Phi) is 10.7. The predicted octanol–water partition coefficient (Wildman–Crippen LogP) is 5.31. The third-order valence-electron chi connectivity index (χ3n) is 6.54. The van der Waals surface area contributed by atoms with Gasteiger partial charge in [0.05, 0.1) is 12.3 Å². The zero-order chi connectivity index (χ0) is 26.8. The number of nitrogens with one attached hydrogen (secondary N) is 1. The van der Waals surface area contributed by atoms with E-state index in [1.54, 1.807) is 12.1 Å². The minimum atomic E-state index is -0.748. The SMILES string of the molecule is CCCCc1nc(Cl)c(CO)n1Cc1ccc(C(=O)N[C@H](C(=O)OCc2ccccc2)[C@@H](C)CC)cc1. The van der Waals surface area contributed by atoms with Crippen molar-refractivity contribution in [3.8, 4) is 0 Å². The summed E-state index contributed by atoms with van der Waals surface area (Å²) in [6.07, 6.45) is 3.49. The molecule has 3 aromatic rings. The van der Waals surface area contributed by atoms with Gasteiger partial charge in [0, 0.05) is 18.5 Å². The number of carbonyl (C=O) groups is 2. The number of aliphatic hydroxyl groups excluding tert-OH is 1. The van der Waals surface area contributed by atoms with Crippen LogP contribution in [0.3, 0.4) is 0 Å². The van der Waals surface area contributed by atoms with E-state index in [0.717, 1.165) is 36.2 Å². The first-order valence-corrected chi connectivity index (χ1v) is 13.2. The lowest BCUT2D eigenvalue weighted by atomic mass is 9.98. The standard InChI is InChI=1S/C29H36ClN3O4/c1-4-6-12-25-31-27(30)24(18-34)33(25)17-21-13-15-23(16-14-21)28(35)32-26(20(3)5-2)29(36)37-19-22-10-8-7-9-11-22/h7-11,13-16,20,26,34H,4-6,12,17-19H2,1-3H3,(H,32,35)/t20-,26-/m0/s1. The molecular formula is C29H36ClN3O4. The van der Waals surface area contributed by atoms with Crippen molar-refractivity contribution in [2.24, 2.45) is 5.92 Å². The van der Waals surface area contributed by atoms with E-state index in [4.69, 9.17) is 16.3 Å². The van der Waals surface area contributed by atoms with Crippen LogP contribution < -0.4 is 5.32 Å². The number of rotatable bonds is 13. The van der Waals surface area contributed by atoms with Gasteiger partial charge >= 0.3 is 5.97 Å². The summed E-state index contributed by atoms with van der Waals surface area (Å²) in [5.74, 6) is -0.0331. The lowest BCUT2D eigenvalue weighted by molar-refractivity contribution is -0.148. The molecule has 1 heterocycles. The first-order valence-electron chi connectivity index (χ1n) is 12.8. The number of amides is 1. The van der Waals surface area contributed by atoms with Crippen LogP contribution in [-0.4, -0.2) is 32.6 Å². The van der Waals surface area contributed by atoms with E-state index in [9.17, 15) is 14.7 Å². The molecule has 0 aliphatic heterocycles. The van der Waals surface area contributed by atoms with Gasteiger partial charge in [0.25, 0.3) is 5.91 Å². The van der Waals surface area contributed by atoms with Gasteiger partial charge in [-0.3, -0.25) is 4.79 Å². The molecule has 2 N–H and O–H groups in total. The number of aryl methyl sites for hydroxylation is 1. The average molecular weight is 526 g/mol. The van der Waals surface area contributed by atoms with Crippen molar-refractivity contribution in [1.29, 1.82) is 0 Å². The summed E-state index contributed by atoms with van der Waals surface area (Å²) in [7, 11) is 0. The number of esters is 1. The Hall–Kier alpha value is -3.16. The number of hydrogen-bond acceptors (Lipinski definition) is 5. The molecule has 198 valence electrons. The molecule has 0 unspecified atom stereocenters. The molecule has 0 aliphatic rings. The molecule has 0 saturated carbocycles. The minimum Gasteiger partial charge on any atom is -0.459 e. The van der Waals surface area contributed by atoms with Crippen LogP contribution in [0, 0.1) is 5.92 Å². The maximum Gasteiger partial charge on any atom is 0.329 e. The van der Waals surface area contributed by atoms with E-state index in [0.29, 0.717) is 29.4 Å². The smallest absolute Gasteiger partial charge is 0.329 e. The van der Waals surface area contributed by atoms with Gasteiger partial charge in [0.1, 0.15) is 18.5 Å². The average Bonchev–Trinajstić information content (AvgIpc) is 3.22. The number of carbonyl (C=O) groups excluding carboxylic acids is 2. The van der Waals surface area contributed by atoms with Crippen molar-refractivity contribution < 1.29 is 19.4 Å². The van der Waals surface area contributed by atoms with Crippen LogP contribution >= 0.6 is 11.6 Å². The molecule has 0 spiro atoms. The summed E-state index contributed by atoms with van der Waals surface area (Å²) in [5, 5.41) is 13.0. The molecule has 2 atom stereocenters. The van der Waals surface area contributed by atoms with Gasteiger partial charge in [0.2, 0.25) is 0 Å². The summed E-state index contributed by atoms with van der Waals surface area (Å²) < 4.78 is 7.44. The number of benzene rings is 2. The third kappa shape index (κ3) is 7.66. The molecule has 37 heavy (non-hydrogen) atoms. The highest BCUT2D eigenvalue weighted by atomic mass is 35.5. The van der Waals surface area contributed by atoms with Crippen molar-refractivity contribution in [3.63, 3.8) is 0 Å². The molecular weight excluding hydrogens is 490 g/mol. The summed E-state index contributed by atoms with van der Waals surface area (Å²) >= 11 is 6.25. The molecule has 0 bridgehead atoms. The maximum atomic E-state index is 13.0. The van der Waals surface area contributed by atoms with E-state index in [1.165, 1.54) is 0 Å². The number of aliphatic hydroxyl groups is 1. The predicted molar refractivity (Wildman–Crippen MR) is 144 cm³/mol. The van der Waals surface area contributed by atoms with Gasteiger partial charge in [0.15, 0.2) is 5.15 Å². The number of imidazole rings is 1. The van der Waals surface area contributed by atoms with Gasteiger partial charge in [-0.15, -0.1) is 0 Å². The quantitative estimate of drug-likeness (QED) is 0.295. The molecule has 7 nitrogen and oxygen atoms in total. The Morgan fingerprint density at radius 1 is 1.08 bits per heavy atom. The Morgan fingerprint density at radius 2 is 1.78 bits per heavy atom. The monoisotopic (exact) mass is 525 g/mol. The van der Waals surface area contributed by atoms with Crippen molar-refractivity contribution >= 4 is 23.5 Å². The largest absolute Gasteiger partial charge is 0.459 e. The fourth-order valence-electron chi connectivity index (χ4n) is 4.02. The van der Waals surface area contributed by atoms with Crippen LogP contribution in [0.2, 0.25) is 5.15 Å². The van der Waals surface area contributed by atoms with E-state index in [1.807, 2.05) is 60.9 Å². The zero-order valence-electron chi connectivity index (χ0n) is 21.7. The normalized spacial score (nSPS) is 12.7. The van der Waals surface area contributed by atoms with Crippen LogP contribution in [0.25, 0.3) is 0 Å². The Morgan fingerprint density at radius 3 is 2.41 bits per heavy atom.